The maximum absolute atomic E-state index is 9.89. The van der Waals surface area contributed by atoms with Crippen LogP contribution in [0.1, 0.15) is 78.7 Å². The van der Waals surface area contributed by atoms with Crippen LogP contribution in [-0.4, -0.2) is 24.3 Å². The number of aliphatic hydroxyl groups is 1. The van der Waals surface area contributed by atoms with Gasteiger partial charge in [-0.1, -0.05) is 65.8 Å². The van der Waals surface area contributed by atoms with Crippen LogP contribution >= 0.6 is 0 Å². The Labute approximate surface area is 167 Å². The topological polar surface area (TPSA) is 44.3 Å². The van der Waals surface area contributed by atoms with Crippen LogP contribution in [0.2, 0.25) is 0 Å². The number of allylic oxidation sites excluding steroid dienone is 1. The van der Waals surface area contributed by atoms with E-state index in [0.717, 1.165) is 57.3 Å². The molecule has 0 aliphatic heterocycles. The first-order valence-electron chi connectivity index (χ1n) is 10.7. The lowest BCUT2D eigenvalue weighted by Crippen LogP contribution is -2.23. The fourth-order valence-electron chi connectivity index (χ4n) is 3.38. The number of para-hydroxylation sites is 1. The largest absolute Gasteiger partial charge is 0.393 e. The minimum absolute atomic E-state index is 0.156. The molecule has 2 atom stereocenters. The smallest absolute Gasteiger partial charge is 0.0543 e. The van der Waals surface area contributed by atoms with Gasteiger partial charge < -0.3 is 15.7 Å². The van der Waals surface area contributed by atoms with Crippen LogP contribution in [0.25, 0.3) is 0 Å². The molecule has 1 rings (SSSR count). The lowest BCUT2D eigenvalue weighted by atomic mass is 9.86. The molecule has 1 aromatic rings. The molecule has 1 aromatic carbocycles. The highest BCUT2D eigenvalue weighted by Gasteiger charge is 2.16. The summed E-state index contributed by atoms with van der Waals surface area (Å²) < 4.78 is 0. The molecule has 0 radical (unpaired) electrons. The molecular weight excluding hydrogens is 332 g/mol. The molecule has 0 spiro atoms. The van der Waals surface area contributed by atoms with E-state index in [0.29, 0.717) is 5.92 Å². The van der Waals surface area contributed by atoms with Crippen LogP contribution in [0.4, 0.5) is 5.69 Å². The lowest BCUT2D eigenvalue weighted by molar-refractivity contribution is 0.135. The molecule has 0 saturated heterocycles. The van der Waals surface area contributed by atoms with Gasteiger partial charge in [0.25, 0.3) is 0 Å². The fraction of sp³-hybridized carbons (Fsp3) is 0.667. The van der Waals surface area contributed by atoms with E-state index in [1.54, 1.807) is 0 Å². The summed E-state index contributed by atoms with van der Waals surface area (Å²) >= 11 is 0. The Morgan fingerprint density at radius 2 is 1.89 bits per heavy atom. The first-order valence-corrected chi connectivity index (χ1v) is 10.7. The Morgan fingerprint density at radius 3 is 2.56 bits per heavy atom. The van der Waals surface area contributed by atoms with Gasteiger partial charge in [-0.05, 0) is 55.1 Å². The van der Waals surface area contributed by atoms with E-state index in [2.05, 4.69) is 76.1 Å². The fourth-order valence-corrected chi connectivity index (χ4v) is 3.38. The van der Waals surface area contributed by atoms with Crippen LogP contribution < -0.4 is 10.6 Å². The summed E-state index contributed by atoms with van der Waals surface area (Å²) in [5, 5.41) is 16.9. The molecule has 154 valence electrons. The Balaban J connectivity index is 2.21. The van der Waals surface area contributed by atoms with Crippen LogP contribution in [-0.2, 0) is 5.41 Å². The summed E-state index contributed by atoms with van der Waals surface area (Å²) in [5.74, 6) is 0.471. The number of nitrogens with one attached hydrogen (secondary N) is 2. The maximum Gasteiger partial charge on any atom is 0.0543 e. The molecule has 0 aromatic heterocycles. The van der Waals surface area contributed by atoms with Crippen molar-refractivity contribution in [1.82, 2.24) is 5.32 Å². The van der Waals surface area contributed by atoms with Crippen molar-refractivity contribution in [3.63, 3.8) is 0 Å². The summed E-state index contributed by atoms with van der Waals surface area (Å²) in [6.45, 7) is 17.1. The van der Waals surface area contributed by atoms with E-state index in [1.165, 1.54) is 11.3 Å². The van der Waals surface area contributed by atoms with Gasteiger partial charge in [-0.2, -0.15) is 0 Å². The predicted molar refractivity (Wildman–Crippen MR) is 119 cm³/mol. The minimum atomic E-state index is -0.165. The molecule has 3 N–H and O–H groups in total. The van der Waals surface area contributed by atoms with E-state index in [-0.39, 0.29) is 11.5 Å². The summed E-state index contributed by atoms with van der Waals surface area (Å²) in [5.41, 5.74) is 3.89. The number of aliphatic hydroxyl groups excluding tert-OH is 1. The number of hydrogen-bond acceptors (Lipinski definition) is 3. The molecule has 3 nitrogen and oxygen atoms in total. The first-order chi connectivity index (χ1) is 12.7. The highest BCUT2D eigenvalue weighted by Crippen LogP contribution is 2.29. The lowest BCUT2D eigenvalue weighted by Gasteiger charge is -2.23. The Hall–Kier alpha value is -1.48. The van der Waals surface area contributed by atoms with Gasteiger partial charge in [-0.15, -0.1) is 0 Å². The summed E-state index contributed by atoms with van der Waals surface area (Å²) in [7, 11) is 0. The number of rotatable bonds is 13. The zero-order valence-electron chi connectivity index (χ0n) is 18.3. The zero-order chi connectivity index (χ0) is 20.3. The Bertz CT molecular complexity index is 548. The average molecular weight is 375 g/mol. The van der Waals surface area contributed by atoms with Crippen molar-refractivity contribution in [3.05, 3.63) is 42.1 Å². The third-order valence-electron chi connectivity index (χ3n) is 4.95. The maximum atomic E-state index is 9.89. The van der Waals surface area contributed by atoms with E-state index >= 15 is 0 Å². The predicted octanol–water partition coefficient (Wildman–Crippen LogP) is 5.86. The second kappa shape index (κ2) is 12.1. The SMILES string of the molecule is C=C(CCCCNc1ccccc1C(C)(C)C)NCC(C)CC(O)CCC. The number of unbranched alkanes of at least 4 members (excludes halogenated alkanes) is 1. The molecule has 0 aliphatic carbocycles. The van der Waals surface area contributed by atoms with Gasteiger partial charge in [0, 0.05) is 24.5 Å². The number of benzene rings is 1. The quantitative estimate of drug-likeness (QED) is 0.379. The Kier molecular flexibility index (Phi) is 10.5. The van der Waals surface area contributed by atoms with Gasteiger partial charge in [-0.25, -0.2) is 0 Å². The molecule has 0 fully saturated rings. The molecule has 27 heavy (non-hydrogen) atoms. The van der Waals surface area contributed by atoms with Gasteiger partial charge in [0.2, 0.25) is 0 Å². The molecule has 0 heterocycles. The highest BCUT2D eigenvalue weighted by molar-refractivity contribution is 5.54. The molecule has 0 bridgehead atoms. The van der Waals surface area contributed by atoms with E-state index in [4.69, 9.17) is 0 Å². The highest BCUT2D eigenvalue weighted by atomic mass is 16.3. The molecule has 0 saturated carbocycles. The summed E-state index contributed by atoms with van der Waals surface area (Å²) in [4.78, 5) is 0. The zero-order valence-corrected chi connectivity index (χ0v) is 18.3. The van der Waals surface area contributed by atoms with Crippen molar-refractivity contribution in [1.29, 1.82) is 0 Å². The summed E-state index contributed by atoms with van der Waals surface area (Å²) in [6, 6.07) is 8.60. The van der Waals surface area contributed by atoms with Crippen LogP contribution in [0.3, 0.4) is 0 Å². The molecule has 2 unspecified atom stereocenters. The monoisotopic (exact) mass is 374 g/mol. The van der Waals surface area contributed by atoms with Crippen LogP contribution in [0.15, 0.2) is 36.5 Å². The minimum Gasteiger partial charge on any atom is -0.393 e. The normalized spacial score (nSPS) is 13.9. The van der Waals surface area contributed by atoms with E-state index in [9.17, 15) is 5.11 Å². The standard InChI is InChI=1S/C24H42N2O/c1-7-12-21(27)17-19(2)18-26-20(3)13-10-11-16-25-23-15-9-8-14-22(23)24(4,5)6/h8-9,14-15,19,21,25-27H,3,7,10-13,16-18H2,1-2,4-6H3. The van der Waals surface area contributed by atoms with Crippen LogP contribution in [0, 0.1) is 5.92 Å². The van der Waals surface area contributed by atoms with Gasteiger partial charge in [0.1, 0.15) is 0 Å². The van der Waals surface area contributed by atoms with Crippen LogP contribution in [0.5, 0.6) is 0 Å². The second-order valence-electron chi connectivity index (χ2n) is 8.95. The first kappa shape index (κ1) is 23.6. The second-order valence-corrected chi connectivity index (χ2v) is 8.95. The molecule has 0 amide bonds. The third-order valence-corrected chi connectivity index (χ3v) is 4.95. The number of hydrogen-bond donors (Lipinski definition) is 3. The molecule has 3 heteroatoms. The third kappa shape index (κ3) is 9.86. The van der Waals surface area contributed by atoms with Gasteiger partial charge in [0.15, 0.2) is 0 Å². The van der Waals surface area contributed by atoms with Crippen molar-refractivity contribution in [2.75, 3.05) is 18.4 Å². The van der Waals surface area contributed by atoms with Gasteiger partial charge >= 0.3 is 0 Å². The van der Waals surface area contributed by atoms with Crippen molar-refractivity contribution >= 4 is 5.69 Å². The van der Waals surface area contributed by atoms with E-state index in [1.807, 2.05) is 0 Å². The molecular formula is C24H42N2O. The average Bonchev–Trinajstić information content (AvgIpc) is 2.59. The number of anilines is 1. The van der Waals surface area contributed by atoms with Crippen molar-refractivity contribution in [3.8, 4) is 0 Å². The van der Waals surface area contributed by atoms with Crippen molar-refractivity contribution in [2.45, 2.75) is 84.7 Å². The van der Waals surface area contributed by atoms with E-state index < -0.39 is 0 Å². The molecule has 0 aliphatic rings. The van der Waals surface area contributed by atoms with Crippen molar-refractivity contribution in [2.24, 2.45) is 5.92 Å². The van der Waals surface area contributed by atoms with Gasteiger partial charge in [0.05, 0.1) is 6.10 Å². The van der Waals surface area contributed by atoms with Gasteiger partial charge in [-0.3, -0.25) is 0 Å². The summed E-state index contributed by atoms with van der Waals surface area (Å²) in [6.07, 6.45) is 5.91. The Morgan fingerprint density at radius 1 is 1.19 bits per heavy atom. The van der Waals surface area contributed by atoms with Crippen molar-refractivity contribution < 1.29 is 5.11 Å².